The van der Waals surface area contributed by atoms with E-state index in [-0.39, 0.29) is 5.91 Å². The molecule has 1 unspecified atom stereocenters. The number of rotatable bonds is 5. The number of carbonyl (C=O) groups excluding carboxylic acids is 1. The van der Waals surface area contributed by atoms with Gasteiger partial charge < -0.3 is 15.1 Å². The molecule has 1 heterocycles. The SMILES string of the molecule is CN(Cc1ccccc1)C(=O)CN1CC[N+](C)(C)CC1(N)c1ccccc1. The van der Waals surface area contributed by atoms with E-state index in [1.807, 2.05) is 55.6 Å². The normalized spacial score (nSPS) is 22.4. The summed E-state index contributed by atoms with van der Waals surface area (Å²) in [5, 5.41) is 0. The van der Waals surface area contributed by atoms with Crippen molar-refractivity contribution in [3.8, 4) is 0 Å². The Bertz CT molecular complexity index is 762. The number of hydrogen-bond acceptors (Lipinski definition) is 3. The Labute approximate surface area is 162 Å². The molecular formula is C22H31N4O+. The lowest BCUT2D eigenvalue weighted by molar-refractivity contribution is -0.902. The third-order valence-electron chi connectivity index (χ3n) is 5.50. The lowest BCUT2D eigenvalue weighted by Gasteiger charge is -2.50. The maximum atomic E-state index is 12.9. The van der Waals surface area contributed by atoms with Gasteiger partial charge in [0, 0.05) is 13.6 Å². The minimum Gasteiger partial charge on any atom is -0.340 e. The summed E-state index contributed by atoms with van der Waals surface area (Å²) in [6.45, 7) is 3.48. The molecule has 1 saturated heterocycles. The lowest BCUT2D eigenvalue weighted by Crippen LogP contribution is -2.70. The summed E-state index contributed by atoms with van der Waals surface area (Å²) in [4.78, 5) is 16.9. The van der Waals surface area contributed by atoms with Crippen molar-refractivity contribution in [2.24, 2.45) is 5.73 Å². The highest BCUT2D eigenvalue weighted by molar-refractivity contribution is 5.78. The second-order valence-corrected chi connectivity index (χ2v) is 8.26. The van der Waals surface area contributed by atoms with E-state index in [2.05, 4.69) is 31.1 Å². The molecule has 1 atom stereocenters. The molecule has 1 aliphatic heterocycles. The number of nitrogens with zero attached hydrogens (tertiary/aromatic N) is 3. The van der Waals surface area contributed by atoms with Gasteiger partial charge in [0.1, 0.15) is 12.2 Å². The number of likely N-dealkylation sites (N-methyl/N-ethyl adjacent to an activating group) is 2. The number of nitrogens with two attached hydrogens (primary N) is 1. The molecule has 0 saturated carbocycles. The molecule has 2 N–H and O–H groups in total. The van der Waals surface area contributed by atoms with Gasteiger partial charge in [-0.05, 0) is 11.1 Å². The van der Waals surface area contributed by atoms with E-state index in [1.165, 1.54) is 0 Å². The zero-order valence-corrected chi connectivity index (χ0v) is 16.6. The second-order valence-electron chi connectivity index (χ2n) is 8.26. The molecule has 144 valence electrons. The maximum Gasteiger partial charge on any atom is 0.236 e. The van der Waals surface area contributed by atoms with Gasteiger partial charge in [-0.2, -0.15) is 0 Å². The topological polar surface area (TPSA) is 49.6 Å². The van der Waals surface area contributed by atoms with E-state index in [1.54, 1.807) is 4.90 Å². The van der Waals surface area contributed by atoms with Crippen molar-refractivity contribution < 1.29 is 9.28 Å². The number of benzene rings is 2. The highest BCUT2D eigenvalue weighted by Crippen LogP contribution is 2.29. The van der Waals surface area contributed by atoms with Crippen LogP contribution in [0.15, 0.2) is 60.7 Å². The van der Waals surface area contributed by atoms with Gasteiger partial charge in [0.05, 0.1) is 33.7 Å². The lowest BCUT2D eigenvalue weighted by atomic mass is 9.94. The summed E-state index contributed by atoms with van der Waals surface area (Å²) in [6.07, 6.45) is 0. The number of piperazine rings is 1. The van der Waals surface area contributed by atoms with Crippen LogP contribution in [0, 0.1) is 0 Å². The van der Waals surface area contributed by atoms with Crippen LogP contribution in [0.1, 0.15) is 11.1 Å². The van der Waals surface area contributed by atoms with Gasteiger partial charge in [-0.25, -0.2) is 0 Å². The molecule has 1 amide bonds. The molecule has 0 spiro atoms. The summed E-state index contributed by atoms with van der Waals surface area (Å²) in [5.74, 6) is 0.0943. The Hall–Kier alpha value is -2.21. The van der Waals surface area contributed by atoms with Crippen molar-refractivity contribution >= 4 is 5.91 Å². The molecular weight excluding hydrogens is 336 g/mol. The first-order valence-electron chi connectivity index (χ1n) is 9.49. The predicted molar refractivity (Wildman–Crippen MR) is 109 cm³/mol. The minimum absolute atomic E-state index is 0.0943. The van der Waals surface area contributed by atoms with Crippen LogP contribution in [0.3, 0.4) is 0 Å². The van der Waals surface area contributed by atoms with Gasteiger partial charge in [0.2, 0.25) is 5.91 Å². The molecule has 5 nitrogen and oxygen atoms in total. The molecule has 1 fully saturated rings. The van der Waals surface area contributed by atoms with Gasteiger partial charge in [0.15, 0.2) is 0 Å². The Morgan fingerprint density at radius 1 is 1.11 bits per heavy atom. The van der Waals surface area contributed by atoms with E-state index < -0.39 is 5.66 Å². The fraction of sp³-hybridized carbons (Fsp3) is 0.409. The van der Waals surface area contributed by atoms with Crippen molar-refractivity contribution in [1.29, 1.82) is 0 Å². The Kier molecular flexibility index (Phi) is 5.65. The largest absolute Gasteiger partial charge is 0.340 e. The minimum atomic E-state index is -0.647. The van der Waals surface area contributed by atoms with Gasteiger partial charge >= 0.3 is 0 Å². The average molecular weight is 368 g/mol. The van der Waals surface area contributed by atoms with Crippen LogP contribution in [0.2, 0.25) is 0 Å². The molecule has 0 radical (unpaired) electrons. The van der Waals surface area contributed by atoms with Gasteiger partial charge in [0.25, 0.3) is 0 Å². The third-order valence-corrected chi connectivity index (χ3v) is 5.50. The first kappa shape index (κ1) is 19.5. The van der Waals surface area contributed by atoms with Crippen LogP contribution in [0.25, 0.3) is 0 Å². The van der Waals surface area contributed by atoms with Crippen LogP contribution in [-0.2, 0) is 17.0 Å². The first-order chi connectivity index (χ1) is 12.8. The highest BCUT2D eigenvalue weighted by Gasteiger charge is 2.45. The van der Waals surface area contributed by atoms with Crippen molar-refractivity contribution in [3.05, 3.63) is 71.8 Å². The van der Waals surface area contributed by atoms with Gasteiger partial charge in [-0.3, -0.25) is 9.69 Å². The van der Waals surface area contributed by atoms with Gasteiger partial charge in [-0.15, -0.1) is 0 Å². The van der Waals surface area contributed by atoms with Crippen molar-refractivity contribution in [2.45, 2.75) is 12.2 Å². The Balaban J connectivity index is 1.76. The summed E-state index contributed by atoms with van der Waals surface area (Å²) in [5.41, 5.74) is 8.49. The van der Waals surface area contributed by atoms with Crippen molar-refractivity contribution in [2.75, 3.05) is 47.3 Å². The summed E-state index contributed by atoms with van der Waals surface area (Å²) >= 11 is 0. The standard InChI is InChI=1S/C22H31N4O/c1-24(16-19-10-6-4-7-11-19)21(27)17-25-14-15-26(2,3)18-22(25,23)20-12-8-5-9-13-20/h4-13H,14-18,23H2,1-3H3/q+1. The zero-order chi connectivity index (χ0) is 19.5. The number of quaternary nitrogens is 1. The summed E-state index contributed by atoms with van der Waals surface area (Å²) in [7, 11) is 6.26. The molecule has 27 heavy (non-hydrogen) atoms. The molecule has 5 heteroatoms. The first-order valence-corrected chi connectivity index (χ1v) is 9.49. The average Bonchev–Trinajstić information content (AvgIpc) is 2.65. The van der Waals surface area contributed by atoms with Gasteiger partial charge in [-0.1, -0.05) is 60.7 Å². The molecule has 0 aliphatic carbocycles. The van der Waals surface area contributed by atoms with E-state index in [0.29, 0.717) is 13.1 Å². The number of hydrogen-bond donors (Lipinski definition) is 1. The molecule has 3 rings (SSSR count). The molecule has 2 aromatic carbocycles. The van der Waals surface area contributed by atoms with Crippen LogP contribution in [0.4, 0.5) is 0 Å². The monoisotopic (exact) mass is 367 g/mol. The Morgan fingerprint density at radius 3 is 2.33 bits per heavy atom. The number of amides is 1. The molecule has 0 bridgehead atoms. The van der Waals surface area contributed by atoms with Crippen LogP contribution in [-0.4, -0.2) is 67.5 Å². The van der Waals surface area contributed by atoms with E-state index in [0.717, 1.165) is 35.2 Å². The summed E-state index contributed by atoms with van der Waals surface area (Å²) in [6, 6.07) is 20.2. The zero-order valence-electron chi connectivity index (χ0n) is 16.6. The van der Waals surface area contributed by atoms with E-state index >= 15 is 0 Å². The Morgan fingerprint density at radius 2 is 1.70 bits per heavy atom. The molecule has 0 aromatic heterocycles. The van der Waals surface area contributed by atoms with Crippen molar-refractivity contribution in [1.82, 2.24) is 9.80 Å². The van der Waals surface area contributed by atoms with E-state index in [9.17, 15) is 4.79 Å². The van der Waals surface area contributed by atoms with E-state index in [4.69, 9.17) is 5.73 Å². The van der Waals surface area contributed by atoms with Crippen LogP contribution in [0.5, 0.6) is 0 Å². The second kappa shape index (κ2) is 7.80. The van der Waals surface area contributed by atoms with Crippen LogP contribution < -0.4 is 5.73 Å². The quantitative estimate of drug-likeness (QED) is 0.821. The predicted octanol–water partition coefficient (Wildman–Crippen LogP) is 1.85. The summed E-state index contributed by atoms with van der Waals surface area (Å²) < 4.78 is 0.843. The fourth-order valence-electron chi connectivity index (χ4n) is 3.87. The maximum absolute atomic E-state index is 12.9. The third kappa shape index (κ3) is 4.56. The fourth-order valence-corrected chi connectivity index (χ4v) is 3.87. The smallest absolute Gasteiger partial charge is 0.236 e. The van der Waals surface area contributed by atoms with Crippen molar-refractivity contribution in [3.63, 3.8) is 0 Å². The molecule has 1 aliphatic rings. The number of carbonyl (C=O) groups is 1. The molecule has 2 aromatic rings. The highest BCUT2D eigenvalue weighted by atomic mass is 16.2. The van der Waals surface area contributed by atoms with Crippen LogP contribution >= 0.6 is 0 Å².